The maximum Gasteiger partial charge on any atom is 0.122 e. The fourth-order valence-corrected chi connectivity index (χ4v) is 3.82. The van der Waals surface area contributed by atoms with Gasteiger partial charge in [0.05, 0.1) is 7.11 Å². The van der Waals surface area contributed by atoms with Gasteiger partial charge in [0.25, 0.3) is 0 Å². The number of benzene rings is 1. The van der Waals surface area contributed by atoms with Crippen molar-refractivity contribution in [1.82, 2.24) is 5.43 Å². The van der Waals surface area contributed by atoms with E-state index in [0.29, 0.717) is 5.92 Å². The molecule has 1 aromatic carbocycles. The number of aryl methyl sites for hydroxylation is 1. The normalized spacial score (nSPS) is 28.1. The third-order valence-electron chi connectivity index (χ3n) is 4.66. The molecule has 1 aromatic rings. The summed E-state index contributed by atoms with van der Waals surface area (Å²) in [5, 5.41) is 0. The van der Waals surface area contributed by atoms with Crippen LogP contribution < -0.4 is 16.0 Å². The summed E-state index contributed by atoms with van der Waals surface area (Å²) in [4.78, 5) is 0. The number of nitrogens with one attached hydrogen (secondary N) is 1. The molecule has 1 aliphatic carbocycles. The Morgan fingerprint density at radius 2 is 1.85 bits per heavy atom. The van der Waals surface area contributed by atoms with E-state index in [1.165, 1.54) is 24.8 Å². The van der Waals surface area contributed by atoms with Crippen LogP contribution in [0.3, 0.4) is 0 Å². The maximum absolute atomic E-state index is 5.87. The van der Waals surface area contributed by atoms with Crippen LogP contribution in [-0.4, -0.2) is 7.11 Å². The molecule has 0 radical (unpaired) electrons. The van der Waals surface area contributed by atoms with Crippen molar-refractivity contribution in [3.63, 3.8) is 0 Å². The molecule has 0 amide bonds. The Balaban J connectivity index is 2.23. The Bertz CT molecular complexity index is 437. The molecule has 112 valence electrons. The molecule has 0 heterocycles. The van der Waals surface area contributed by atoms with Crippen molar-refractivity contribution in [2.24, 2.45) is 23.6 Å². The highest BCUT2D eigenvalue weighted by Gasteiger charge is 2.30. The molecule has 3 unspecified atom stereocenters. The van der Waals surface area contributed by atoms with Crippen LogP contribution in [0.25, 0.3) is 0 Å². The van der Waals surface area contributed by atoms with E-state index in [-0.39, 0.29) is 6.04 Å². The van der Waals surface area contributed by atoms with Gasteiger partial charge in [-0.3, -0.25) is 11.3 Å². The summed E-state index contributed by atoms with van der Waals surface area (Å²) < 4.78 is 5.44. The van der Waals surface area contributed by atoms with E-state index in [2.05, 4.69) is 44.4 Å². The molecular weight excluding hydrogens is 248 g/mol. The van der Waals surface area contributed by atoms with Crippen LogP contribution in [0.1, 0.15) is 50.3 Å². The minimum atomic E-state index is 0.217. The van der Waals surface area contributed by atoms with Gasteiger partial charge in [-0.1, -0.05) is 26.0 Å². The molecular formula is C17H28N2O. The van der Waals surface area contributed by atoms with Gasteiger partial charge < -0.3 is 4.74 Å². The summed E-state index contributed by atoms with van der Waals surface area (Å²) >= 11 is 0. The number of hydrogen-bond acceptors (Lipinski definition) is 3. The Labute approximate surface area is 122 Å². The van der Waals surface area contributed by atoms with E-state index in [1.807, 2.05) is 0 Å². The van der Waals surface area contributed by atoms with Crippen molar-refractivity contribution < 1.29 is 4.74 Å². The number of rotatable bonds is 4. The fourth-order valence-electron chi connectivity index (χ4n) is 3.82. The van der Waals surface area contributed by atoms with Crippen molar-refractivity contribution >= 4 is 0 Å². The smallest absolute Gasteiger partial charge is 0.122 e. The lowest BCUT2D eigenvalue weighted by molar-refractivity contribution is 0.177. The second-order valence-corrected chi connectivity index (χ2v) is 6.55. The van der Waals surface area contributed by atoms with E-state index < -0.39 is 0 Å². The topological polar surface area (TPSA) is 47.3 Å². The van der Waals surface area contributed by atoms with Crippen molar-refractivity contribution in [1.29, 1.82) is 0 Å². The van der Waals surface area contributed by atoms with Crippen LogP contribution in [0.4, 0.5) is 0 Å². The third-order valence-corrected chi connectivity index (χ3v) is 4.66. The molecule has 1 fully saturated rings. The van der Waals surface area contributed by atoms with Crippen LogP contribution in [0.5, 0.6) is 5.75 Å². The van der Waals surface area contributed by atoms with Gasteiger partial charge in [0.1, 0.15) is 5.75 Å². The standard InChI is InChI=1S/C17H28N2O/c1-11-7-12(2)9-15(8-11)17(19-18)14-6-5-13(3)16(10-14)20-4/h5-6,10-12,15,17,19H,7-9,18H2,1-4H3. The van der Waals surface area contributed by atoms with Gasteiger partial charge in [0.2, 0.25) is 0 Å². The Hall–Kier alpha value is -1.06. The van der Waals surface area contributed by atoms with E-state index in [1.54, 1.807) is 7.11 Å². The second kappa shape index (κ2) is 6.59. The van der Waals surface area contributed by atoms with Crippen molar-refractivity contribution in [2.45, 2.75) is 46.1 Å². The summed E-state index contributed by atoms with van der Waals surface area (Å²) in [5.41, 5.74) is 5.45. The molecule has 3 atom stereocenters. The van der Waals surface area contributed by atoms with E-state index in [4.69, 9.17) is 10.6 Å². The van der Waals surface area contributed by atoms with Crippen LogP contribution in [-0.2, 0) is 0 Å². The maximum atomic E-state index is 5.87. The first-order valence-corrected chi connectivity index (χ1v) is 7.65. The molecule has 1 aliphatic rings. The Morgan fingerprint density at radius 1 is 1.20 bits per heavy atom. The second-order valence-electron chi connectivity index (χ2n) is 6.55. The zero-order valence-corrected chi connectivity index (χ0v) is 13.1. The lowest BCUT2D eigenvalue weighted by atomic mass is 9.72. The summed E-state index contributed by atoms with van der Waals surface area (Å²) in [7, 11) is 1.72. The SMILES string of the molecule is COc1cc(C(NN)C2CC(C)CC(C)C2)ccc1C. The number of hydrazine groups is 1. The molecule has 3 N–H and O–H groups in total. The first-order valence-electron chi connectivity index (χ1n) is 7.65. The first-order chi connectivity index (χ1) is 9.55. The third kappa shape index (κ3) is 3.33. The molecule has 1 saturated carbocycles. The van der Waals surface area contributed by atoms with Crippen molar-refractivity contribution in [3.05, 3.63) is 29.3 Å². The minimum absolute atomic E-state index is 0.217. The summed E-state index contributed by atoms with van der Waals surface area (Å²) in [6.07, 6.45) is 3.83. The summed E-state index contributed by atoms with van der Waals surface area (Å²) in [5.74, 6) is 8.98. The van der Waals surface area contributed by atoms with Gasteiger partial charge in [-0.25, -0.2) is 0 Å². The largest absolute Gasteiger partial charge is 0.496 e. The molecule has 3 nitrogen and oxygen atoms in total. The predicted molar refractivity (Wildman–Crippen MR) is 83.5 cm³/mol. The highest BCUT2D eigenvalue weighted by atomic mass is 16.5. The van der Waals surface area contributed by atoms with Gasteiger partial charge in [0.15, 0.2) is 0 Å². The number of hydrogen-bond donors (Lipinski definition) is 2. The molecule has 0 saturated heterocycles. The highest BCUT2D eigenvalue weighted by Crippen LogP contribution is 2.40. The quantitative estimate of drug-likeness (QED) is 0.652. The lowest BCUT2D eigenvalue weighted by Gasteiger charge is -2.36. The summed E-state index contributed by atoms with van der Waals surface area (Å²) in [6.45, 7) is 6.77. The van der Waals surface area contributed by atoms with Crippen molar-refractivity contribution in [2.75, 3.05) is 7.11 Å². The molecule has 0 spiro atoms. The molecule has 3 heteroatoms. The predicted octanol–water partition coefficient (Wildman–Crippen LogP) is 3.58. The van der Waals surface area contributed by atoms with Crippen LogP contribution >= 0.6 is 0 Å². The van der Waals surface area contributed by atoms with Crippen LogP contribution in [0.2, 0.25) is 0 Å². The zero-order chi connectivity index (χ0) is 14.7. The minimum Gasteiger partial charge on any atom is -0.496 e. The van der Waals surface area contributed by atoms with Gasteiger partial charge >= 0.3 is 0 Å². The average molecular weight is 276 g/mol. The Morgan fingerprint density at radius 3 is 2.40 bits per heavy atom. The van der Waals surface area contributed by atoms with Crippen molar-refractivity contribution in [3.8, 4) is 5.75 Å². The number of methoxy groups -OCH3 is 1. The van der Waals surface area contributed by atoms with Gasteiger partial charge in [0, 0.05) is 6.04 Å². The lowest BCUT2D eigenvalue weighted by Crippen LogP contribution is -2.37. The van der Waals surface area contributed by atoms with Gasteiger partial charge in [-0.05, 0) is 61.1 Å². The molecule has 0 bridgehead atoms. The van der Waals surface area contributed by atoms with Gasteiger partial charge in [-0.15, -0.1) is 0 Å². The highest BCUT2D eigenvalue weighted by molar-refractivity contribution is 5.38. The number of nitrogens with two attached hydrogens (primary N) is 1. The van der Waals surface area contributed by atoms with E-state index in [0.717, 1.165) is 23.1 Å². The molecule has 0 aliphatic heterocycles. The molecule has 20 heavy (non-hydrogen) atoms. The zero-order valence-electron chi connectivity index (χ0n) is 13.1. The Kier molecular flexibility index (Phi) is 5.06. The van der Waals surface area contributed by atoms with Crippen LogP contribution in [0.15, 0.2) is 18.2 Å². The van der Waals surface area contributed by atoms with E-state index >= 15 is 0 Å². The fraction of sp³-hybridized carbons (Fsp3) is 0.647. The van der Waals surface area contributed by atoms with E-state index in [9.17, 15) is 0 Å². The molecule has 0 aromatic heterocycles. The molecule has 2 rings (SSSR count). The number of ether oxygens (including phenoxy) is 1. The average Bonchev–Trinajstić information content (AvgIpc) is 2.40. The monoisotopic (exact) mass is 276 g/mol. The van der Waals surface area contributed by atoms with Gasteiger partial charge in [-0.2, -0.15) is 0 Å². The van der Waals surface area contributed by atoms with Crippen LogP contribution in [0, 0.1) is 24.7 Å². The first kappa shape index (κ1) is 15.3. The summed E-state index contributed by atoms with van der Waals surface area (Å²) in [6, 6.07) is 6.64.